The summed E-state index contributed by atoms with van der Waals surface area (Å²) in [6, 6.07) is -0.852. The molecule has 0 rings (SSSR count). The third-order valence-corrected chi connectivity index (χ3v) is 8.54. The SMILES string of the molecule is CC/C=C\C/C=C\C/C=C\CCCCCCCC(=O)NC(COP(=O)(O)OCC[N+](C)(C)C)C(O)/C=C/CCCCCCCCC. The number of phosphoric ester groups is 1. The van der Waals surface area contributed by atoms with Crippen molar-refractivity contribution in [2.45, 2.75) is 142 Å². The highest BCUT2D eigenvalue weighted by atomic mass is 31.2. The van der Waals surface area contributed by atoms with E-state index in [1.807, 2.05) is 27.2 Å². The average Bonchev–Trinajstić information content (AvgIpc) is 2.99. The number of carbonyl (C=O) groups is 1. The zero-order valence-electron chi connectivity index (χ0n) is 30.0. The van der Waals surface area contributed by atoms with Gasteiger partial charge in [-0.05, 0) is 51.4 Å². The van der Waals surface area contributed by atoms with E-state index in [2.05, 4.69) is 55.6 Å². The van der Waals surface area contributed by atoms with Gasteiger partial charge in [-0.3, -0.25) is 13.8 Å². The molecule has 0 bridgehead atoms. The van der Waals surface area contributed by atoms with Crippen molar-refractivity contribution >= 4 is 13.7 Å². The maximum Gasteiger partial charge on any atom is 0.472 e. The second-order valence-electron chi connectivity index (χ2n) is 13.2. The van der Waals surface area contributed by atoms with Crippen LogP contribution in [-0.4, -0.2) is 73.4 Å². The molecule has 0 spiro atoms. The van der Waals surface area contributed by atoms with Gasteiger partial charge in [-0.15, -0.1) is 0 Å². The largest absolute Gasteiger partial charge is 0.472 e. The number of rotatable bonds is 31. The molecule has 0 aliphatic rings. The van der Waals surface area contributed by atoms with Gasteiger partial charge in [0, 0.05) is 6.42 Å². The predicted molar refractivity (Wildman–Crippen MR) is 194 cm³/mol. The Hall–Kier alpha value is -1.54. The van der Waals surface area contributed by atoms with Crippen molar-refractivity contribution in [3.05, 3.63) is 48.6 Å². The maximum atomic E-state index is 12.7. The number of nitrogens with zero attached hydrogens (tertiary/aromatic N) is 1. The summed E-state index contributed by atoms with van der Waals surface area (Å²) in [6.45, 7) is 4.62. The van der Waals surface area contributed by atoms with Crippen LogP contribution in [0.15, 0.2) is 48.6 Å². The molecule has 1 amide bonds. The predicted octanol–water partition coefficient (Wildman–Crippen LogP) is 8.96. The van der Waals surface area contributed by atoms with E-state index in [1.165, 1.54) is 32.1 Å². The summed E-state index contributed by atoms with van der Waals surface area (Å²) in [5, 5.41) is 13.7. The number of aliphatic hydroxyl groups excluding tert-OH is 1. The lowest BCUT2D eigenvalue weighted by molar-refractivity contribution is -0.870. The monoisotopic (exact) mass is 669 g/mol. The maximum absolute atomic E-state index is 12.7. The highest BCUT2D eigenvalue weighted by molar-refractivity contribution is 7.47. The number of hydrogen-bond acceptors (Lipinski definition) is 5. The highest BCUT2D eigenvalue weighted by Gasteiger charge is 2.27. The minimum absolute atomic E-state index is 0.0556. The van der Waals surface area contributed by atoms with E-state index in [9.17, 15) is 19.4 Å². The Bertz CT molecular complexity index is 897. The highest BCUT2D eigenvalue weighted by Crippen LogP contribution is 2.43. The zero-order valence-corrected chi connectivity index (χ0v) is 30.9. The number of nitrogens with one attached hydrogen (secondary N) is 1. The third-order valence-electron chi connectivity index (χ3n) is 7.55. The van der Waals surface area contributed by atoms with Gasteiger partial charge in [0.1, 0.15) is 13.2 Å². The normalized spacial score (nSPS) is 15.4. The standard InChI is InChI=1S/C37H69N2O6P/c1-6-8-10-12-14-16-17-18-19-20-21-23-25-27-29-31-37(41)38-35(34-45-46(42,43)44-33-32-39(3,4)5)36(40)30-28-26-24-22-15-13-11-9-7-2/h8,10,14,16,18-19,28,30,35-36,40H,6-7,9,11-13,15,17,20-27,29,31-34H2,1-5H3,(H-,38,41,42,43)/p+1/b10-8-,16-14-,19-18-,30-28+. The Morgan fingerprint density at radius 1 is 0.761 bits per heavy atom. The molecule has 268 valence electrons. The van der Waals surface area contributed by atoms with Gasteiger partial charge in [0.05, 0.1) is 39.9 Å². The third kappa shape index (κ3) is 31.1. The lowest BCUT2D eigenvalue weighted by atomic mass is 10.1. The smallest absolute Gasteiger partial charge is 0.387 e. The minimum atomic E-state index is -4.33. The molecule has 0 saturated heterocycles. The van der Waals surface area contributed by atoms with Crippen molar-refractivity contribution < 1.29 is 32.9 Å². The van der Waals surface area contributed by atoms with E-state index >= 15 is 0 Å². The van der Waals surface area contributed by atoms with Crippen molar-refractivity contribution in [3.63, 3.8) is 0 Å². The summed E-state index contributed by atoms with van der Waals surface area (Å²) in [7, 11) is 1.55. The van der Waals surface area contributed by atoms with Crippen molar-refractivity contribution in [3.8, 4) is 0 Å². The quantitative estimate of drug-likeness (QED) is 0.0295. The van der Waals surface area contributed by atoms with Gasteiger partial charge < -0.3 is 19.8 Å². The van der Waals surface area contributed by atoms with Crippen LogP contribution in [-0.2, 0) is 18.4 Å². The van der Waals surface area contributed by atoms with Crippen LogP contribution in [0.5, 0.6) is 0 Å². The lowest BCUT2D eigenvalue weighted by Gasteiger charge is -2.25. The molecule has 0 fully saturated rings. The summed E-state index contributed by atoms with van der Waals surface area (Å²) < 4.78 is 23.4. The summed E-state index contributed by atoms with van der Waals surface area (Å²) in [5.74, 6) is -0.201. The first-order chi connectivity index (χ1) is 22.0. The first kappa shape index (κ1) is 44.5. The van der Waals surface area contributed by atoms with E-state index < -0.39 is 20.0 Å². The molecule has 3 N–H and O–H groups in total. The fraction of sp³-hybridized carbons (Fsp3) is 0.757. The van der Waals surface area contributed by atoms with E-state index in [4.69, 9.17) is 9.05 Å². The van der Waals surface area contributed by atoms with Crippen LogP contribution in [0.1, 0.15) is 129 Å². The summed E-state index contributed by atoms with van der Waals surface area (Å²) >= 11 is 0. The molecular weight excluding hydrogens is 599 g/mol. The first-order valence-electron chi connectivity index (χ1n) is 18.0. The van der Waals surface area contributed by atoms with Crippen molar-refractivity contribution in [1.82, 2.24) is 5.32 Å². The fourth-order valence-corrected chi connectivity index (χ4v) is 5.38. The number of phosphoric acid groups is 1. The molecule has 8 nitrogen and oxygen atoms in total. The fourth-order valence-electron chi connectivity index (χ4n) is 4.64. The van der Waals surface area contributed by atoms with Crippen LogP contribution in [0, 0.1) is 0 Å². The molecule has 0 heterocycles. The molecule has 46 heavy (non-hydrogen) atoms. The molecule has 3 unspecified atom stereocenters. The topological polar surface area (TPSA) is 105 Å². The number of quaternary nitrogens is 1. The van der Waals surface area contributed by atoms with Gasteiger partial charge in [-0.1, -0.05) is 120 Å². The van der Waals surface area contributed by atoms with Gasteiger partial charge in [0.2, 0.25) is 5.91 Å². The van der Waals surface area contributed by atoms with Gasteiger partial charge in [0.15, 0.2) is 0 Å². The Kier molecular flexibility index (Phi) is 28.6. The van der Waals surface area contributed by atoms with E-state index in [-0.39, 0.29) is 19.1 Å². The number of allylic oxidation sites excluding steroid dienone is 7. The van der Waals surface area contributed by atoms with E-state index in [1.54, 1.807) is 6.08 Å². The van der Waals surface area contributed by atoms with Gasteiger partial charge in [-0.2, -0.15) is 0 Å². The number of hydrogen-bond donors (Lipinski definition) is 3. The summed E-state index contributed by atoms with van der Waals surface area (Å²) in [5.41, 5.74) is 0. The average molecular weight is 670 g/mol. The van der Waals surface area contributed by atoms with E-state index in [0.717, 1.165) is 77.0 Å². The Labute approximate surface area is 282 Å². The number of aliphatic hydroxyl groups is 1. The number of unbranched alkanes of at least 4 members (excludes halogenated alkanes) is 12. The van der Waals surface area contributed by atoms with Crippen molar-refractivity contribution in [1.29, 1.82) is 0 Å². The molecule has 0 aliphatic heterocycles. The van der Waals surface area contributed by atoms with Crippen molar-refractivity contribution in [2.24, 2.45) is 0 Å². The Morgan fingerprint density at radius 3 is 1.91 bits per heavy atom. The molecular formula is C37H70N2O6P+. The zero-order chi connectivity index (χ0) is 34.4. The molecule has 0 saturated carbocycles. The second-order valence-corrected chi connectivity index (χ2v) is 14.7. The minimum Gasteiger partial charge on any atom is -0.387 e. The molecule has 9 heteroatoms. The van der Waals surface area contributed by atoms with Crippen LogP contribution in [0.2, 0.25) is 0 Å². The number of likely N-dealkylation sites (N-methyl/N-ethyl adjacent to an activating group) is 1. The number of carbonyl (C=O) groups excluding carboxylic acids is 1. The van der Waals surface area contributed by atoms with Crippen LogP contribution in [0.25, 0.3) is 0 Å². The van der Waals surface area contributed by atoms with Crippen LogP contribution in [0.4, 0.5) is 0 Å². The van der Waals surface area contributed by atoms with Crippen LogP contribution in [0.3, 0.4) is 0 Å². The lowest BCUT2D eigenvalue weighted by Crippen LogP contribution is -2.45. The Balaban J connectivity index is 4.57. The van der Waals surface area contributed by atoms with Crippen molar-refractivity contribution in [2.75, 3.05) is 40.9 Å². The molecule has 0 radical (unpaired) electrons. The molecule has 0 aromatic heterocycles. The number of amides is 1. The van der Waals surface area contributed by atoms with E-state index in [0.29, 0.717) is 17.4 Å². The molecule has 0 aromatic rings. The van der Waals surface area contributed by atoms with Gasteiger partial charge >= 0.3 is 7.82 Å². The summed E-state index contributed by atoms with van der Waals surface area (Å²) in [4.78, 5) is 22.9. The summed E-state index contributed by atoms with van der Waals surface area (Å²) in [6.07, 6.45) is 34.6. The van der Waals surface area contributed by atoms with Crippen LogP contribution >= 0.6 is 7.82 Å². The Morgan fingerprint density at radius 2 is 1.30 bits per heavy atom. The van der Waals surface area contributed by atoms with Gasteiger partial charge in [-0.25, -0.2) is 4.57 Å². The van der Waals surface area contributed by atoms with Crippen LogP contribution < -0.4 is 5.32 Å². The first-order valence-corrected chi connectivity index (χ1v) is 19.5. The second kappa shape index (κ2) is 29.6. The van der Waals surface area contributed by atoms with Gasteiger partial charge in [0.25, 0.3) is 0 Å². The molecule has 3 atom stereocenters. The molecule has 0 aromatic carbocycles. The molecule has 0 aliphatic carbocycles.